The second-order valence-corrected chi connectivity index (χ2v) is 13.1. The highest BCUT2D eigenvalue weighted by Crippen LogP contribution is 2.70. The third-order valence-electron chi connectivity index (χ3n) is 10.8. The average Bonchev–Trinajstić information content (AvgIpc) is 3.13. The first-order chi connectivity index (χ1) is 16.5. The van der Waals surface area contributed by atoms with Gasteiger partial charge >= 0.3 is 5.97 Å². The molecular formula is C30H42O5. The minimum Gasteiger partial charge on any atom is -0.462 e. The van der Waals surface area contributed by atoms with Crippen molar-refractivity contribution in [3.05, 3.63) is 34.9 Å². The van der Waals surface area contributed by atoms with Crippen molar-refractivity contribution in [1.29, 1.82) is 0 Å². The number of hydrogen-bond donors (Lipinski definition) is 2. The molecule has 0 spiro atoms. The first-order valence-corrected chi connectivity index (χ1v) is 13.5. The molecule has 35 heavy (non-hydrogen) atoms. The fourth-order valence-electron chi connectivity index (χ4n) is 8.89. The molecule has 0 aromatic heterocycles. The Balaban J connectivity index is 1.51. The Kier molecular flexibility index (Phi) is 6.00. The van der Waals surface area contributed by atoms with Crippen molar-refractivity contribution < 1.29 is 24.5 Å². The maximum atomic E-state index is 13.1. The molecule has 0 amide bonds. The van der Waals surface area contributed by atoms with E-state index in [0.29, 0.717) is 12.8 Å². The topological polar surface area (TPSA) is 83.8 Å². The number of carbonyl (C=O) groups excluding carboxylic acids is 2. The van der Waals surface area contributed by atoms with Gasteiger partial charge in [0.2, 0.25) is 0 Å². The number of esters is 1. The van der Waals surface area contributed by atoms with Crippen molar-refractivity contribution in [2.75, 3.05) is 0 Å². The highest BCUT2D eigenvalue weighted by Gasteiger charge is 2.71. The summed E-state index contributed by atoms with van der Waals surface area (Å²) in [5, 5.41) is 21.3. The molecule has 0 bridgehead atoms. The molecule has 0 aromatic rings. The van der Waals surface area contributed by atoms with E-state index in [1.807, 2.05) is 0 Å². The maximum absolute atomic E-state index is 13.1. The van der Waals surface area contributed by atoms with Crippen molar-refractivity contribution in [1.82, 2.24) is 0 Å². The predicted octanol–water partition coefficient (Wildman–Crippen LogP) is 4.92. The smallest absolute Gasteiger partial charge is 0.309 e. The number of carbonyl (C=O) groups is 2. The van der Waals surface area contributed by atoms with E-state index in [1.165, 1.54) is 23.0 Å². The van der Waals surface area contributed by atoms with Gasteiger partial charge in [0.1, 0.15) is 12.4 Å². The highest BCUT2D eigenvalue weighted by molar-refractivity contribution is 5.77. The van der Waals surface area contributed by atoms with E-state index in [-0.39, 0.29) is 41.2 Å². The third-order valence-corrected chi connectivity index (χ3v) is 10.8. The summed E-state index contributed by atoms with van der Waals surface area (Å²) in [6, 6.07) is 0. The summed E-state index contributed by atoms with van der Waals surface area (Å²) in [6.07, 6.45) is 11.5. The lowest BCUT2D eigenvalue weighted by molar-refractivity contribution is -0.148. The second kappa shape index (κ2) is 8.41. The number of allylic oxidation sites excluding steroid dienone is 5. The standard InChI is InChI=1S/C30H42O5/c1-17(2)7-6-8-20-25-24(35-27(20)34)15-30(16-31)22-10-9-21-19(13-18(22)11-12-29(25,30)5)14-23(32)26(33)28(21,3)4/h7,11,13,16,20-26,32-33H,6,8-10,12,14-15H2,1-5H3. The molecule has 5 rings (SSSR count). The van der Waals surface area contributed by atoms with Crippen LogP contribution in [0, 0.1) is 39.9 Å². The molecule has 3 fully saturated rings. The molecule has 4 aliphatic carbocycles. The summed E-state index contributed by atoms with van der Waals surface area (Å²) < 4.78 is 5.98. The van der Waals surface area contributed by atoms with Crippen LogP contribution in [0.25, 0.3) is 0 Å². The molecule has 1 saturated heterocycles. The van der Waals surface area contributed by atoms with Gasteiger partial charge in [0.25, 0.3) is 0 Å². The van der Waals surface area contributed by atoms with Gasteiger partial charge in [-0.25, -0.2) is 0 Å². The summed E-state index contributed by atoms with van der Waals surface area (Å²) in [4.78, 5) is 26.0. The minimum absolute atomic E-state index is 0.0573. The number of fused-ring (bicyclic) bond motifs is 6. The second-order valence-electron chi connectivity index (χ2n) is 13.1. The van der Waals surface area contributed by atoms with Gasteiger partial charge in [-0.3, -0.25) is 4.79 Å². The van der Waals surface area contributed by atoms with E-state index in [0.717, 1.165) is 32.1 Å². The summed E-state index contributed by atoms with van der Waals surface area (Å²) in [5.74, 6) is 0.0640. The lowest BCUT2D eigenvalue weighted by Gasteiger charge is -2.51. The van der Waals surface area contributed by atoms with Crippen LogP contribution in [0.5, 0.6) is 0 Å². The average molecular weight is 483 g/mol. The fraction of sp³-hybridized carbons (Fsp3) is 0.733. The molecule has 5 heteroatoms. The van der Waals surface area contributed by atoms with Crippen LogP contribution in [0.1, 0.15) is 79.6 Å². The largest absolute Gasteiger partial charge is 0.462 e. The number of ether oxygens (including phenoxy) is 1. The minimum atomic E-state index is -0.759. The predicted molar refractivity (Wildman–Crippen MR) is 134 cm³/mol. The van der Waals surface area contributed by atoms with Gasteiger partial charge in [0, 0.05) is 11.3 Å². The molecule has 9 atom stereocenters. The molecule has 1 aliphatic heterocycles. The molecule has 9 unspecified atom stereocenters. The van der Waals surface area contributed by atoms with Crippen LogP contribution in [-0.4, -0.2) is 40.8 Å². The van der Waals surface area contributed by atoms with Crippen LogP contribution in [0.4, 0.5) is 0 Å². The number of aliphatic hydroxyl groups is 2. The molecule has 0 radical (unpaired) electrons. The number of aldehydes is 1. The van der Waals surface area contributed by atoms with Crippen molar-refractivity contribution >= 4 is 12.3 Å². The van der Waals surface area contributed by atoms with E-state index in [9.17, 15) is 19.8 Å². The zero-order valence-electron chi connectivity index (χ0n) is 21.9. The Bertz CT molecular complexity index is 1000. The molecule has 2 saturated carbocycles. The third kappa shape index (κ3) is 3.48. The van der Waals surface area contributed by atoms with Crippen LogP contribution in [0.3, 0.4) is 0 Å². The van der Waals surface area contributed by atoms with Gasteiger partial charge in [-0.2, -0.15) is 0 Å². The number of hydrogen-bond acceptors (Lipinski definition) is 5. The Hall–Kier alpha value is -1.72. The van der Waals surface area contributed by atoms with Crippen molar-refractivity contribution in [3.63, 3.8) is 0 Å². The summed E-state index contributed by atoms with van der Waals surface area (Å²) in [7, 11) is 0. The molecule has 192 valence electrons. The SMILES string of the molecule is CC(C)=CCCC1C(=O)OC2CC3(C=O)C4CCC5C(=CC4=CCC3(C)C21)CC(O)C(O)C5(C)C. The van der Waals surface area contributed by atoms with Crippen LogP contribution < -0.4 is 0 Å². The van der Waals surface area contributed by atoms with Gasteiger partial charge < -0.3 is 19.7 Å². The Morgan fingerprint density at radius 1 is 1.17 bits per heavy atom. The highest BCUT2D eigenvalue weighted by atomic mass is 16.6. The van der Waals surface area contributed by atoms with Gasteiger partial charge in [-0.1, -0.05) is 50.1 Å². The summed E-state index contributed by atoms with van der Waals surface area (Å²) in [6.45, 7) is 10.5. The zero-order valence-corrected chi connectivity index (χ0v) is 21.9. The Labute approximate surface area is 209 Å². The van der Waals surface area contributed by atoms with Crippen LogP contribution >= 0.6 is 0 Å². The lowest BCUT2D eigenvalue weighted by atomic mass is 9.50. The van der Waals surface area contributed by atoms with Crippen LogP contribution in [-0.2, 0) is 14.3 Å². The normalized spacial score (nSPS) is 45.6. The molecular weight excluding hydrogens is 440 g/mol. The van der Waals surface area contributed by atoms with Crippen LogP contribution in [0.15, 0.2) is 34.9 Å². The molecule has 1 heterocycles. The van der Waals surface area contributed by atoms with Gasteiger partial charge in [0.05, 0.1) is 18.1 Å². The molecule has 5 nitrogen and oxygen atoms in total. The van der Waals surface area contributed by atoms with Gasteiger partial charge in [-0.15, -0.1) is 0 Å². The number of aliphatic hydroxyl groups excluding tert-OH is 2. The van der Waals surface area contributed by atoms with E-state index in [2.05, 4.69) is 52.8 Å². The fourth-order valence-corrected chi connectivity index (χ4v) is 8.89. The molecule has 2 N–H and O–H groups in total. The van der Waals surface area contributed by atoms with Crippen LogP contribution in [0.2, 0.25) is 0 Å². The summed E-state index contributed by atoms with van der Waals surface area (Å²) in [5.41, 5.74) is 2.36. The maximum Gasteiger partial charge on any atom is 0.309 e. The quantitative estimate of drug-likeness (QED) is 0.338. The van der Waals surface area contributed by atoms with Gasteiger partial charge in [0.15, 0.2) is 0 Å². The Morgan fingerprint density at radius 3 is 2.57 bits per heavy atom. The van der Waals surface area contributed by atoms with E-state index < -0.39 is 23.0 Å². The number of rotatable bonds is 4. The molecule has 0 aromatic carbocycles. The van der Waals surface area contributed by atoms with E-state index >= 15 is 0 Å². The van der Waals surface area contributed by atoms with Crippen molar-refractivity contribution in [3.8, 4) is 0 Å². The first kappa shape index (κ1) is 25.0. The van der Waals surface area contributed by atoms with Crippen molar-refractivity contribution in [2.45, 2.75) is 97.9 Å². The zero-order chi connectivity index (χ0) is 25.3. The Morgan fingerprint density at radius 2 is 1.89 bits per heavy atom. The molecule has 5 aliphatic rings. The lowest BCUT2D eigenvalue weighted by Crippen LogP contribution is -2.50. The van der Waals surface area contributed by atoms with E-state index in [4.69, 9.17) is 4.74 Å². The van der Waals surface area contributed by atoms with Gasteiger partial charge in [-0.05, 0) is 87.0 Å². The summed E-state index contributed by atoms with van der Waals surface area (Å²) >= 11 is 0. The van der Waals surface area contributed by atoms with E-state index in [1.54, 1.807) is 0 Å². The monoisotopic (exact) mass is 482 g/mol. The van der Waals surface area contributed by atoms with Crippen molar-refractivity contribution in [2.24, 2.45) is 39.9 Å². The first-order valence-electron chi connectivity index (χ1n) is 13.5.